The molecule has 32 heavy (non-hydrogen) atoms. The number of rotatable bonds is 4. The number of carbonyl (C=O) groups excluding carboxylic acids is 1. The maximum absolute atomic E-state index is 13.9. The molecule has 0 radical (unpaired) electrons. The summed E-state index contributed by atoms with van der Waals surface area (Å²) in [6, 6.07) is 12.0. The van der Waals surface area contributed by atoms with Crippen molar-refractivity contribution in [2.75, 3.05) is 5.32 Å². The van der Waals surface area contributed by atoms with Gasteiger partial charge in [-0.2, -0.15) is 5.10 Å². The van der Waals surface area contributed by atoms with E-state index < -0.39 is 5.91 Å². The number of nitrogens with zero attached hydrogens (tertiary/aromatic N) is 6. The molecule has 0 spiro atoms. The minimum atomic E-state index is -0.423. The second-order valence-electron chi connectivity index (χ2n) is 7.04. The number of benzene rings is 1. The van der Waals surface area contributed by atoms with Crippen LogP contribution < -0.4 is 5.32 Å². The molecule has 5 rings (SSSR count). The van der Waals surface area contributed by atoms with Crippen LogP contribution in [-0.2, 0) is 0 Å². The first-order valence-electron chi connectivity index (χ1n) is 9.74. The van der Waals surface area contributed by atoms with E-state index in [4.69, 9.17) is 4.98 Å². The van der Waals surface area contributed by atoms with Crippen LogP contribution >= 0.6 is 0 Å². The van der Waals surface area contributed by atoms with Crippen molar-refractivity contribution in [3.63, 3.8) is 0 Å². The molecule has 0 fully saturated rings. The number of imidazole rings is 1. The van der Waals surface area contributed by atoms with Crippen molar-refractivity contribution < 1.29 is 9.18 Å². The topological polar surface area (TPSA) is 98.0 Å². The van der Waals surface area contributed by atoms with Crippen molar-refractivity contribution in [3.8, 4) is 22.5 Å². The molecule has 156 valence electrons. The highest BCUT2D eigenvalue weighted by Crippen LogP contribution is 2.33. The van der Waals surface area contributed by atoms with Crippen molar-refractivity contribution in [1.29, 1.82) is 0 Å². The molecule has 1 amide bonds. The highest BCUT2D eigenvalue weighted by molar-refractivity contribution is 6.02. The average molecular weight is 425 g/mol. The quantitative estimate of drug-likeness (QED) is 0.468. The predicted octanol–water partition coefficient (Wildman–Crippen LogP) is 3.95. The number of anilines is 1. The summed E-state index contributed by atoms with van der Waals surface area (Å²) >= 11 is 0. The second kappa shape index (κ2) is 7.95. The molecule has 0 atom stereocenters. The Hall–Kier alpha value is -4.53. The predicted molar refractivity (Wildman–Crippen MR) is 116 cm³/mol. The largest absolute Gasteiger partial charge is 0.305 e. The van der Waals surface area contributed by atoms with Crippen LogP contribution in [0.25, 0.3) is 28.2 Å². The van der Waals surface area contributed by atoms with E-state index in [-0.39, 0.29) is 11.5 Å². The minimum absolute atomic E-state index is 0.179. The van der Waals surface area contributed by atoms with Crippen LogP contribution in [0.1, 0.15) is 16.1 Å². The van der Waals surface area contributed by atoms with Crippen molar-refractivity contribution in [3.05, 3.63) is 90.5 Å². The van der Waals surface area contributed by atoms with E-state index in [0.29, 0.717) is 28.4 Å². The molecule has 1 aromatic carbocycles. The van der Waals surface area contributed by atoms with E-state index >= 15 is 0 Å². The van der Waals surface area contributed by atoms with E-state index in [9.17, 15) is 9.18 Å². The van der Waals surface area contributed by atoms with Gasteiger partial charge < -0.3 is 5.32 Å². The van der Waals surface area contributed by atoms with Crippen LogP contribution in [0.5, 0.6) is 0 Å². The molecular formula is C23H16FN7O. The Morgan fingerprint density at radius 2 is 1.91 bits per heavy atom. The van der Waals surface area contributed by atoms with Crippen LogP contribution in [0.3, 0.4) is 0 Å². The number of aromatic nitrogens is 6. The summed E-state index contributed by atoms with van der Waals surface area (Å²) in [6.45, 7) is 1.71. The molecule has 5 aromatic rings. The fraction of sp³-hybridized carbons (Fsp3) is 0.0435. The Labute approximate surface area is 181 Å². The summed E-state index contributed by atoms with van der Waals surface area (Å²) in [6.07, 6.45) is 7.56. The molecule has 0 aliphatic carbocycles. The van der Waals surface area contributed by atoms with Crippen molar-refractivity contribution in [2.24, 2.45) is 0 Å². The van der Waals surface area contributed by atoms with Crippen LogP contribution in [-0.4, -0.2) is 35.5 Å². The molecule has 0 saturated heterocycles. The summed E-state index contributed by atoms with van der Waals surface area (Å²) in [7, 11) is 0. The smallest absolute Gasteiger partial charge is 0.277 e. The van der Waals surface area contributed by atoms with Gasteiger partial charge in [0, 0.05) is 35.9 Å². The fourth-order valence-corrected chi connectivity index (χ4v) is 3.38. The number of hydrogen-bond donors (Lipinski definition) is 1. The molecule has 0 saturated carbocycles. The van der Waals surface area contributed by atoms with Crippen molar-refractivity contribution in [1.82, 2.24) is 29.5 Å². The van der Waals surface area contributed by atoms with Gasteiger partial charge in [-0.1, -0.05) is 0 Å². The van der Waals surface area contributed by atoms with E-state index in [1.165, 1.54) is 24.7 Å². The number of hydrogen-bond acceptors (Lipinski definition) is 6. The third-order valence-corrected chi connectivity index (χ3v) is 4.90. The van der Waals surface area contributed by atoms with E-state index in [0.717, 1.165) is 11.1 Å². The first-order chi connectivity index (χ1) is 15.6. The van der Waals surface area contributed by atoms with E-state index in [1.54, 1.807) is 54.2 Å². The first kappa shape index (κ1) is 19.4. The fourth-order valence-electron chi connectivity index (χ4n) is 3.38. The van der Waals surface area contributed by atoms with Gasteiger partial charge in [-0.3, -0.25) is 9.78 Å². The lowest BCUT2D eigenvalue weighted by Gasteiger charge is -2.08. The molecule has 8 nitrogen and oxygen atoms in total. The van der Waals surface area contributed by atoms with Gasteiger partial charge in [0.25, 0.3) is 5.91 Å². The number of carbonyl (C=O) groups is 1. The van der Waals surface area contributed by atoms with Gasteiger partial charge >= 0.3 is 0 Å². The number of aryl methyl sites for hydroxylation is 1. The molecule has 4 aromatic heterocycles. The average Bonchev–Trinajstić information content (AvgIpc) is 3.21. The zero-order valence-electron chi connectivity index (χ0n) is 16.9. The SMILES string of the molecule is Cc1cc(-c2nc3cccnn3c2-c2ccnc(NC(=O)c3cnccn3)c2)ccc1F. The van der Waals surface area contributed by atoms with E-state index in [1.807, 2.05) is 6.07 Å². The Kier molecular flexibility index (Phi) is 4.83. The van der Waals surface area contributed by atoms with E-state index in [2.05, 4.69) is 25.4 Å². The lowest BCUT2D eigenvalue weighted by molar-refractivity contribution is 0.102. The summed E-state index contributed by atoms with van der Waals surface area (Å²) in [5.41, 5.74) is 4.17. The third kappa shape index (κ3) is 3.56. The maximum atomic E-state index is 13.9. The summed E-state index contributed by atoms with van der Waals surface area (Å²) < 4.78 is 15.6. The summed E-state index contributed by atoms with van der Waals surface area (Å²) in [5.74, 6) is -0.367. The number of nitrogens with one attached hydrogen (secondary N) is 1. The molecule has 4 heterocycles. The molecule has 0 bridgehead atoms. The maximum Gasteiger partial charge on any atom is 0.277 e. The zero-order valence-corrected chi connectivity index (χ0v) is 16.9. The van der Waals surface area contributed by atoms with Crippen LogP contribution in [0.4, 0.5) is 10.2 Å². The van der Waals surface area contributed by atoms with Gasteiger partial charge in [-0.25, -0.2) is 23.9 Å². The molecule has 9 heteroatoms. The standard InChI is InChI=1S/C23H16FN7O/c1-14-11-15(4-5-17(14)24)21-22(31-20(30-21)3-2-7-28-31)16-6-8-27-19(12-16)29-23(32)18-13-25-9-10-26-18/h2-13H,1H3,(H,27,29,32). The summed E-state index contributed by atoms with van der Waals surface area (Å²) in [5, 5.41) is 7.17. The van der Waals surface area contributed by atoms with Gasteiger partial charge in [-0.15, -0.1) is 0 Å². The van der Waals surface area contributed by atoms with Gasteiger partial charge in [-0.05, 0) is 55.0 Å². The second-order valence-corrected chi connectivity index (χ2v) is 7.04. The number of amides is 1. The van der Waals surface area contributed by atoms with Crippen molar-refractivity contribution >= 4 is 17.4 Å². The Balaban J connectivity index is 1.61. The Morgan fingerprint density at radius 3 is 2.72 bits per heavy atom. The monoisotopic (exact) mass is 425 g/mol. The zero-order chi connectivity index (χ0) is 22.1. The van der Waals surface area contributed by atoms with Gasteiger partial charge in [0.05, 0.1) is 11.9 Å². The molecular weight excluding hydrogens is 409 g/mol. The third-order valence-electron chi connectivity index (χ3n) is 4.90. The molecule has 1 N–H and O–H groups in total. The van der Waals surface area contributed by atoms with Crippen LogP contribution in [0.2, 0.25) is 0 Å². The Morgan fingerprint density at radius 1 is 1.00 bits per heavy atom. The van der Waals surface area contributed by atoms with Crippen LogP contribution in [0, 0.1) is 12.7 Å². The van der Waals surface area contributed by atoms with Gasteiger partial charge in [0.2, 0.25) is 0 Å². The molecule has 0 aliphatic heterocycles. The minimum Gasteiger partial charge on any atom is -0.305 e. The lowest BCUT2D eigenvalue weighted by atomic mass is 10.0. The summed E-state index contributed by atoms with van der Waals surface area (Å²) in [4.78, 5) is 29.3. The van der Waals surface area contributed by atoms with Gasteiger partial charge in [0.1, 0.15) is 23.0 Å². The van der Waals surface area contributed by atoms with Crippen molar-refractivity contribution in [2.45, 2.75) is 6.92 Å². The number of halogens is 1. The lowest BCUT2D eigenvalue weighted by Crippen LogP contribution is -2.14. The highest BCUT2D eigenvalue weighted by atomic mass is 19.1. The van der Waals surface area contributed by atoms with Crippen LogP contribution in [0.15, 0.2) is 73.4 Å². The number of pyridine rings is 1. The molecule has 0 unspecified atom stereocenters. The first-order valence-corrected chi connectivity index (χ1v) is 9.74. The van der Waals surface area contributed by atoms with Gasteiger partial charge in [0.15, 0.2) is 5.65 Å². The Bertz CT molecular complexity index is 1450. The number of fused-ring (bicyclic) bond motifs is 1. The normalized spacial score (nSPS) is 10.9. The highest BCUT2D eigenvalue weighted by Gasteiger charge is 2.18. The molecule has 0 aliphatic rings.